The Labute approximate surface area is 113 Å². The molecule has 0 radical (unpaired) electrons. The molecular formula is C12H19N3O2S. The van der Waals surface area contributed by atoms with Crippen LogP contribution >= 0.6 is 12.2 Å². The molecule has 6 heteroatoms. The highest BCUT2D eigenvalue weighted by Gasteiger charge is 2.11. The Bertz CT molecular complexity index is 412. The van der Waals surface area contributed by atoms with Gasteiger partial charge in [0.2, 0.25) is 0 Å². The Morgan fingerprint density at radius 3 is 2.83 bits per heavy atom. The van der Waals surface area contributed by atoms with Crippen LogP contribution in [0.4, 0.5) is 5.82 Å². The Morgan fingerprint density at radius 1 is 1.50 bits per heavy atom. The zero-order valence-electron chi connectivity index (χ0n) is 10.7. The number of aryl methyl sites for hydroxylation is 1. The minimum Gasteiger partial charge on any atom is -0.394 e. The molecule has 1 aromatic heterocycles. The highest BCUT2D eigenvalue weighted by atomic mass is 32.1. The van der Waals surface area contributed by atoms with Crippen molar-refractivity contribution in [3.8, 4) is 0 Å². The molecule has 0 aliphatic rings. The standard InChI is InChI=1S/C12H19N3O2S/c1-9-3-4-10(11(13)18)12(14-9)15(2)5-7-17-8-6-16/h3-4,16H,5-8H2,1-2H3,(H2,13,18). The summed E-state index contributed by atoms with van der Waals surface area (Å²) in [6, 6.07) is 3.76. The maximum absolute atomic E-state index is 8.62. The lowest BCUT2D eigenvalue weighted by Crippen LogP contribution is -2.27. The smallest absolute Gasteiger partial charge is 0.138 e. The van der Waals surface area contributed by atoms with Crippen LogP contribution in [0.15, 0.2) is 12.1 Å². The third kappa shape index (κ3) is 4.21. The summed E-state index contributed by atoms with van der Waals surface area (Å²) in [6.45, 7) is 3.47. The average molecular weight is 269 g/mol. The number of thiocarbonyl (C=S) groups is 1. The fraction of sp³-hybridized carbons (Fsp3) is 0.500. The molecule has 0 saturated carbocycles. The van der Waals surface area contributed by atoms with Crippen LogP contribution in [-0.4, -0.2) is 48.5 Å². The third-order valence-corrected chi connectivity index (χ3v) is 2.67. The zero-order chi connectivity index (χ0) is 13.5. The van der Waals surface area contributed by atoms with E-state index in [-0.39, 0.29) is 6.61 Å². The number of rotatable bonds is 7. The van der Waals surface area contributed by atoms with Crippen molar-refractivity contribution in [1.82, 2.24) is 4.98 Å². The van der Waals surface area contributed by atoms with Gasteiger partial charge in [0.25, 0.3) is 0 Å². The lowest BCUT2D eigenvalue weighted by molar-refractivity contribution is 0.0970. The number of likely N-dealkylation sites (N-methyl/N-ethyl adjacent to an activating group) is 1. The van der Waals surface area contributed by atoms with Crippen LogP contribution < -0.4 is 10.6 Å². The van der Waals surface area contributed by atoms with Gasteiger partial charge in [-0.2, -0.15) is 0 Å². The summed E-state index contributed by atoms with van der Waals surface area (Å²) in [7, 11) is 1.91. The van der Waals surface area contributed by atoms with Gasteiger partial charge < -0.3 is 20.5 Å². The molecule has 0 amide bonds. The summed E-state index contributed by atoms with van der Waals surface area (Å²) in [6.07, 6.45) is 0. The number of aliphatic hydroxyl groups excluding tert-OH is 1. The summed E-state index contributed by atoms with van der Waals surface area (Å²) in [5, 5.41) is 8.62. The van der Waals surface area contributed by atoms with Gasteiger partial charge in [-0.25, -0.2) is 4.98 Å². The molecule has 1 aromatic rings. The minimum absolute atomic E-state index is 0.0323. The van der Waals surface area contributed by atoms with Gasteiger partial charge in [-0.15, -0.1) is 0 Å². The molecule has 100 valence electrons. The SMILES string of the molecule is Cc1ccc(C(N)=S)c(N(C)CCOCCO)n1. The second-order valence-electron chi connectivity index (χ2n) is 3.95. The quantitative estimate of drug-likeness (QED) is 0.554. The molecule has 0 unspecified atom stereocenters. The molecule has 3 N–H and O–H groups in total. The molecule has 0 aliphatic carbocycles. The van der Waals surface area contributed by atoms with E-state index < -0.39 is 0 Å². The van der Waals surface area contributed by atoms with Gasteiger partial charge in [-0.3, -0.25) is 0 Å². The summed E-state index contributed by atoms with van der Waals surface area (Å²) in [5.41, 5.74) is 7.35. The first-order chi connectivity index (χ1) is 8.56. The van der Waals surface area contributed by atoms with E-state index in [1.807, 2.05) is 31.0 Å². The first-order valence-electron chi connectivity index (χ1n) is 5.73. The first kappa shape index (κ1) is 14.8. The number of aromatic nitrogens is 1. The number of nitrogens with zero attached hydrogens (tertiary/aromatic N) is 2. The van der Waals surface area contributed by atoms with Crippen LogP contribution in [0.1, 0.15) is 11.3 Å². The second kappa shape index (κ2) is 7.25. The number of anilines is 1. The van der Waals surface area contributed by atoms with Gasteiger partial charge in [0.15, 0.2) is 0 Å². The summed E-state index contributed by atoms with van der Waals surface area (Å²) in [5.74, 6) is 0.759. The first-order valence-corrected chi connectivity index (χ1v) is 6.14. The van der Waals surface area contributed by atoms with E-state index in [4.69, 9.17) is 27.8 Å². The van der Waals surface area contributed by atoms with Crippen molar-refractivity contribution in [1.29, 1.82) is 0 Å². The molecular weight excluding hydrogens is 250 g/mol. The van der Waals surface area contributed by atoms with Crippen LogP contribution in [0.25, 0.3) is 0 Å². The van der Waals surface area contributed by atoms with Crippen molar-refractivity contribution in [2.24, 2.45) is 5.73 Å². The van der Waals surface area contributed by atoms with E-state index in [2.05, 4.69) is 4.98 Å². The van der Waals surface area contributed by atoms with Crippen LogP contribution in [0.3, 0.4) is 0 Å². The van der Waals surface area contributed by atoms with E-state index in [0.717, 1.165) is 17.1 Å². The van der Waals surface area contributed by atoms with Crippen molar-refractivity contribution in [2.45, 2.75) is 6.92 Å². The number of aliphatic hydroxyl groups is 1. The third-order valence-electron chi connectivity index (χ3n) is 2.45. The van der Waals surface area contributed by atoms with Crippen molar-refractivity contribution in [3.05, 3.63) is 23.4 Å². The van der Waals surface area contributed by atoms with Crippen molar-refractivity contribution in [3.63, 3.8) is 0 Å². The van der Waals surface area contributed by atoms with Gasteiger partial charge in [0.05, 0.1) is 25.4 Å². The molecule has 18 heavy (non-hydrogen) atoms. The van der Waals surface area contributed by atoms with Gasteiger partial charge in [-0.1, -0.05) is 12.2 Å². The summed E-state index contributed by atoms with van der Waals surface area (Å²) < 4.78 is 5.22. The molecule has 0 bridgehead atoms. The van der Waals surface area contributed by atoms with E-state index >= 15 is 0 Å². The summed E-state index contributed by atoms with van der Waals surface area (Å²) in [4.78, 5) is 6.72. The molecule has 0 aliphatic heterocycles. The Morgan fingerprint density at radius 2 is 2.22 bits per heavy atom. The number of hydrogen-bond acceptors (Lipinski definition) is 5. The Hall–Kier alpha value is -1.24. The number of hydrogen-bond donors (Lipinski definition) is 2. The van der Waals surface area contributed by atoms with Crippen molar-refractivity contribution in [2.75, 3.05) is 38.3 Å². The summed E-state index contributed by atoms with van der Waals surface area (Å²) >= 11 is 5.01. The molecule has 0 aromatic carbocycles. The fourth-order valence-electron chi connectivity index (χ4n) is 1.50. The van der Waals surface area contributed by atoms with Gasteiger partial charge in [-0.05, 0) is 19.1 Å². The predicted octanol–water partition coefficient (Wildman–Crippen LogP) is 0.469. The largest absolute Gasteiger partial charge is 0.394 e. The van der Waals surface area contributed by atoms with Crippen LogP contribution in [0.2, 0.25) is 0 Å². The monoisotopic (exact) mass is 269 g/mol. The van der Waals surface area contributed by atoms with E-state index in [0.29, 0.717) is 24.7 Å². The number of pyridine rings is 1. The minimum atomic E-state index is 0.0323. The normalized spacial score (nSPS) is 10.4. The van der Waals surface area contributed by atoms with Crippen LogP contribution in [0.5, 0.6) is 0 Å². The Kier molecular flexibility index (Phi) is 5.97. The molecule has 0 spiro atoms. The highest BCUT2D eigenvalue weighted by Crippen LogP contribution is 2.17. The maximum atomic E-state index is 8.62. The molecule has 0 fully saturated rings. The zero-order valence-corrected chi connectivity index (χ0v) is 11.5. The van der Waals surface area contributed by atoms with Gasteiger partial charge >= 0.3 is 0 Å². The fourth-order valence-corrected chi connectivity index (χ4v) is 1.66. The van der Waals surface area contributed by atoms with Gasteiger partial charge in [0.1, 0.15) is 10.8 Å². The van der Waals surface area contributed by atoms with Crippen molar-refractivity contribution < 1.29 is 9.84 Å². The van der Waals surface area contributed by atoms with Crippen molar-refractivity contribution >= 4 is 23.0 Å². The molecule has 0 saturated heterocycles. The number of nitrogens with two attached hydrogens (primary N) is 1. The topological polar surface area (TPSA) is 71.6 Å². The number of ether oxygens (including phenoxy) is 1. The lowest BCUT2D eigenvalue weighted by atomic mass is 10.2. The Balaban J connectivity index is 2.74. The van der Waals surface area contributed by atoms with Crippen LogP contribution in [-0.2, 0) is 4.74 Å². The van der Waals surface area contributed by atoms with Gasteiger partial charge in [0, 0.05) is 19.3 Å². The second-order valence-corrected chi connectivity index (χ2v) is 4.39. The molecule has 1 rings (SSSR count). The van der Waals surface area contributed by atoms with E-state index in [9.17, 15) is 0 Å². The lowest BCUT2D eigenvalue weighted by Gasteiger charge is -2.21. The van der Waals surface area contributed by atoms with E-state index in [1.54, 1.807) is 0 Å². The average Bonchev–Trinajstić information content (AvgIpc) is 2.34. The predicted molar refractivity (Wildman–Crippen MR) is 76.0 cm³/mol. The maximum Gasteiger partial charge on any atom is 0.138 e. The van der Waals surface area contributed by atoms with E-state index in [1.165, 1.54) is 0 Å². The van der Waals surface area contributed by atoms with Crippen LogP contribution in [0, 0.1) is 6.92 Å². The molecule has 1 heterocycles. The molecule has 0 atom stereocenters. The molecule has 5 nitrogen and oxygen atoms in total. The highest BCUT2D eigenvalue weighted by molar-refractivity contribution is 7.80.